The molecular formula is C13H28N2. The van der Waals surface area contributed by atoms with E-state index in [1.807, 2.05) is 0 Å². The SMILES string of the molecule is CC(C)C1CCCN(C(C)C)C1N(C)C. The average Bonchev–Trinajstić information content (AvgIpc) is 2.16. The fraction of sp³-hybridized carbons (Fsp3) is 1.00. The van der Waals surface area contributed by atoms with E-state index in [1.54, 1.807) is 0 Å². The lowest BCUT2D eigenvalue weighted by Gasteiger charge is -2.48. The van der Waals surface area contributed by atoms with E-state index in [0.29, 0.717) is 12.2 Å². The van der Waals surface area contributed by atoms with Gasteiger partial charge in [0.15, 0.2) is 0 Å². The minimum absolute atomic E-state index is 0.638. The van der Waals surface area contributed by atoms with Crippen molar-refractivity contribution in [3.05, 3.63) is 0 Å². The van der Waals surface area contributed by atoms with Crippen molar-refractivity contribution in [2.45, 2.75) is 52.7 Å². The predicted molar refractivity (Wildman–Crippen MR) is 66.9 cm³/mol. The summed E-state index contributed by atoms with van der Waals surface area (Å²) in [5, 5.41) is 0. The molecule has 2 nitrogen and oxygen atoms in total. The first-order chi connectivity index (χ1) is 6.95. The van der Waals surface area contributed by atoms with E-state index in [2.05, 4.69) is 51.6 Å². The van der Waals surface area contributed by atoms with Crippen LogP contribution in [0.3, 0.4) is 0 Å². The van der Waals surface area contributed by atoms with E-state index in [4.69, 9.17) is 0 Å². The van der Waals surface area contributed by atoms with Gasteiger partial charge < -0.3 is 0 Å². The Morgan fingerprint density at radius 3 is 2.13 bits per heavy atom. The molecule has 90 valence electrons. The molecule has 1 rings (SSSR count). The van der Waals surface area contributed by atoms with Crippen LogP contribution in [0.2, 0.25) is 0 Å². The highest BCUT2D eigenvalue weighted by molar-refractivity contribution is 4.85. The summed E-state index contributed by atoms with van der Waals surface area (Å²) in [5.41, 5.74) is 0. The molecule has 0 bridgehead atoms. The van der Waals surface area contributed by atoms with E-state index in [0.717, 1.165) is 11.8 Å². The summed E-state index contributed by atoms with van der Waals surface area (Å²) in [7, 11) is 4.45. The molecule has 15 heavy (non-hydrogen) atoms. The lowest BCUT2D eigenvalue weighted by molar-refractivity contribution is -0.0363. The Morgan fingerprint density at radius 2 is 1.73 bits per heavy atom. The highest BCUT2D eigenvalue weighted by Gasteiger charge is 2.35. The maximum atomic E-state index is 2.66. The Balaban J connectivity index is 2.80. The van der Waals surface area contributed by atoms with Gasteiger partial charge in [0.05, 0.1) is 6.17 Å². The Bertz CT molecular complexity index is 171. The molecule has 0 amide bonds. The van der Waals surface area contributed by atoms with Gasteiger partial charge in [-0.2, -0.15) is 0 Å². The van der Waals surface area contributed by atoms with Crippen LogP contribution in [-0.2, 0) is 0 Å². The fourth-order valence-corrected chi connectivity index (χ4v) is 2.96. The van der Waals surface area contributed by atoms with E-state index in [1.165, 1.54) is 19.4 Å². The van der Waals surface area contributed by atoms with Crippen molar-refractivity contribution in [2.75, 3.05) is 20.6 Å². The van der Waals surface area contributed by atoms with Crippen molar-refractivity contribution in [2.24, 2.45) is 11.8 Å². The highest BCUT2D eigenvalue weighted by atomic mass is 15.4. The van der Waals surface area contributed by atoms with Crippen LogP contribution >= 0.6 is 0 Å². The van der Waals surface area contributed by atoms with Crippen molar-refractivity contribution in [1.82, 2.24) is 9.80 Å². The van der Waals surface area contributed by atoms with Gasteiger partial charge in [-0.1, -0.05) is 13.8 Å². The molecule has 1 aliphatic heterocycles. The van der Waals surface area contributed by atoms with Crippen LogP contribution in [0.15, 0.2) is 0 Å². The summed E-state index contributed by atoms with van der Waals surface area (Å²) in [6, 6.07) is 0.666. The molecule has 2 heteroatoms. The van der Waals surface area contributed by atoms with Crippen LogP contribution < -0.4 is 0 Å². The maximum Gasteiger partial charge on any atom is 0.0651 e. The lowest BCUT2D eigenvalue weighted by Crippen LogP contribution is -2.56. The van der Waals surface area contributed by atoms with Crippen LogP contribution in [0.1, 0.15) is 40.5 Å². The van der Waals surface area contributed by atoms with E-state index in [-0.39, 0.29) is 0 Å². The van der Waals surface area contributed by atoms with E-state index >= 15 is 0 Å². The lowest BCUT2D eigenvalue weighted by atomic mass is 9.83. The maximum absolute atomic E-state index is 2.66. The van der Waals surface area contributed by atoms with Crippen LogP contribution in [0.5, 0.6) is 0 Å². The zero-order chi connectivity index (χ0) is 11.6. The number of piperidine rings is 1. The average molecular weight is 212 g/mol. The van der Waals surface area contributed by atoms with Gasteiger partial charge in [-0.05, 0) is 59.2 Å². The third-order valence-corrected chi connectivity index (χ3v) is 3.73. The van der Waals surface area contributed by atoms with Crippen LogP contribution in [0.4, 0.5) is 0 Å². The first-order valence-corrected chi connectivity index (χ1v) is 6.37. The molecule has 1 saturated heterocycles. The number of hydrogen-bond acceptors (Lipinski definition) is 2. The third-order valence-electron chi connectivity index (χ3n) is 3.73. The number of rotatable bonds is 3. The molecule has 2 atom stereocenters. The second kappa shape index (κ2) is 5.31. The smallest absolute Gasteiger partial charge is 0.0651 e. The molecule has 0 radical (unpaired) electrons. The number of nitrogens with zero attached hydrogens (tertiary/aromatic N) is 2. The first-order valence-electron chi connectivity index (χ1n) is 6.37. The number of hydrogen-bond donors (Lipinski definition) is 0. The quantitative estimate of drug-likeness (QED) is 0.709. The molecule has 0 aromatic rings. The summed E-state index contributed by atoms with van der Waals surface area (Å²) in [6.07, 6.45) is 3.40. The van der Waals surface area contributed by atoms with E-state index in [9.17, 15) is 0 Å². The third kappa shape index (κ3) is 2.94. The molecule has 0 saturated carbocycles. The largest absolute Gasteiger partial charge is 0.294 e. The van der Waals surface area contributed by atoms with Gasteiger partial charge >= 0.3 is 0 Å². The molecule has 1 fully saturated rings. The summed E-state index contributed by atoms with van der Waals surface area (Å²) >= 11 is 0. The van der Waals surface area contributed by atoms with Crippen LogP contribution in [0.25, 0.3) is 0 Å². The molecule has 0 aromatic heterocycles. The summed E-state index contributed by atoms with van der Waals surface area (Å²) < 4.78 is 0. The van der Waals surface area contributed by atoms with Gasteiger partial charge in [-0.3, -0.25) is 9.80 Å². The fourth-order valence-electron chi connectivity index (χ4n) is 2.96. The Labute approximate surface area is 95.6 Å². The standard InChI is InChI=1S/C13H28N2/c1-10(2)12-8-7-9-15(11(3)4)13(12)14(5)6/h10-13H,7-9H2,1-6H3. The van der Waals surface area contributed by atoms with Gasteiger partial charge in [0.25, 0.3) is 0 Å². The van der Waals surface area contributed by atoms with Crippen molar-refractivity contribution in [3.8, 4) is 0 Å². The Kier molecular flexibility index (Phi) is 4.60. The minimum Gasteiger partial charge on any atom is -0.294 e. The molecule has 2 unspecified atom stereocenters. The molecule has 0 spiro atoms. The van der Waals surface area contributed by atoms with Crippen molar-refractivity contribution >= 4 is 0 Å². The molecular weight excluding hydrogens is 184 g/mol. The first kappa shape index (κ1) is 13.0. The minimum atomic E-state index is 0.638. The second-order valence-electron chi connectivity index (χ2n) is 5.76. The van der Waals surface area contributed by atoms with Gasteiger partial charge in [0.2, 0.25) is 0 Å². The van der Waals surface area contributed by atoms with Gasteiger partial charge in [-0.25, -0.2) is 0 Å². The van der Waals surface area contributed by atoms with Crippen LogP contribution in [-0.4, -0.2) is 42.6 Å². The van der Waals surface area contributed by atoms with Gasteiger partial charge in [0.1, 0.15) is 0 Å². The molecule has 1 aliphatic rings. The molecule has 0 aliphatic carbocycles. The van der Waals surface area contributed by atoms with Crippen molar-refractivity contribution < 1.29 is 0 Å². The zero-order valence-corrected chi connectivity index (χ0v) is 11.3. The Hall–Kier alpha value is -0.0800. The molecule has 1 heterocycles. The summed E-state index contributed by atoms with van der Waals surface area (Å²) in [6.45, 7) is 10.6. The van der Waals surface area contributed by atoms with Crippen LogP contribution in [0, 0.1) is 11.8 Å². The summed E-state index contributed by atoms with van der Waals surface area (Å²) in [5.74, 6) is 1.62. The normalized spacial score (nSPS) is 29.4. The van der Waals surface area contributed by atoms with Gasteiger partial charge in [-0.15, -0.1) is 0 Å². The monoisotopic (exact) mass is 212 g/mol. The van der Waals surface area contributed by atoms with Gasteiger partial charge in [0, 0.05) is 6.04 Å². The zero-order valence-electron chi connectivity index (χ0n) is 11.3. The topological polar surface area (TPSA) is 6.48 Å². The number of likely N-dealkylation sites (tertiary alicyclic amines) is 1. The van der Waals surface area contributed by atoms with Crippen molar-refractivity contribution in [3.63, 3.8) is 0 Å². The second-order valence-corrected chi connectivity index (χ2v) is 5.76. The Morgan fingerprint density at radius 1 is 1.13 bits per heavy atom. The molecule has 0 aromatic carbocycles. The highest BCUT2D eigenvalue weighted by Crippen LogP contribution is 2.31. The predicted octanol–water partition coefficient (Wildman–Crippen LogP) is 2.65. The summed E-state index contributed by atoms with van der Waals surface area (Å²) in [4.78, 5) is 5.07. The van der Waals surface area contributed by atoms with E-state index < -0.39 is 0 Å². The molecule has 0 N–H and O–H groups in total. The van der Waals surface area contributed by atoms with Crippen molar-refractivity contribution in [1.29, 1.82) is 0 Å².